The lowest BCUT2D eigenvalue weighted by atomic mass is 10.3. The molecule has 0 saturated heterocycles. The second-order valence-corrected chi connectivity index (χ2v) is 7.18. The van der Waals surface area contributed by atoms with Crippen molar-refractivity contribution < 1.29 is 17.9 Å². The maximum atomic E-state index is 12.2. The third kappa shape index (κ3) is 6.86. The molecule has 0 aliphatic heterocycles. The minimum Gasteiger partial charge on any atom is -0.468 e. The lowest BCUT2D eigenvalue weighted by molar-refractivity contribution is -0.154. The van der Waals surface area contributed by atoms with Crippen molar-refractivity contribution in [3.05, 3.63) is 54.0 Å². The molecule has 0 aliphatic carbocycles. The summed E-state index contributed by atoms with van der Waals surface area (Å²) in [6.07, 6.45) is -2.04. The van der Waals surface area contributed by atoms with Crippen LogP contribution in [-0.2, 0) is 13.1 Å². The Kier molecular flexibility index (Phi) is 7.91. The number of guanidine groups is 1. The fraction of sp³-hybridized carbons (Fsp3) is 0.409. The van der Waals surface area contributed by atoms with Gasteiger partial charge in [-0.1, -0.05) is 18.2 Å². The molecule has 0 saturated carbocycles. The van der Waals surface area contributed by atoms with Crippen LogP contribution in [0.4, 0.5) is 13.2 Å². The number of halogens is 3. The van der Waals surface area contributed by atoms with Crippen LogP contribution in [0.2, 0.25) is 0 Å². The van der Waals surface area contributed by atoms with Gasteiger partial charge in [0.1, 0.15) is 5.82 Å². The Morgan fingerprint density at radius 3 is 2.69 bits per heavy atom. The Hall–Kier alpha value is -3.30. The molecule has 0 spiro atoms. The van der Waals surface area contributed by atoms with Crippen molar-refractivity contribution in [2.45, 2.75) is 39.5 Å². The standard InChI is InChI=1S/C22H27F3N6O/c1-3-26-21(29-14-17-9-10-20(28-13-17)32-15-22(23,24)25)27-11-6-12-31-16(2)30-18-7-4-5-8-19(18)31/h4-5,7-10,13H,3,6,11-12,14-15H2,1-2H3,(H2,26,27,29). The maximum Gasteiger partial charge on any atom is 0.422 e. The second kappa shape index (κ2) is 10.8. The van der Waals surface area contributed by atoms with E-state index in [-0.39, 0.29) is 5.88 Å². The second-order valence-electron chi connectivity index (χ2n) is 7.18. The zero-order valence-electron chi connectivity index (χ0n) is 18.1. The normalized spacial score (nSPS) is 12.2. The summed E-state index contributed by atoms with van der Waals surface area (Å²) >= 11 is 0. The maximum absolute atomic E-state index is 12.2. The van der Waals surface area contributed by atoms with Gasteiger partial charge in [0.2, 0.25) is 5.88 Å². The number of benzene rings is 1. The minimum atomic E-state index is -4.39. The molecule has 0 fully saturated rings. The number of pyridine rings is 1. The van der Waals surface area contributed by atoms with E-state index in [0.717, 1.165) is 41.9 Å². The topological polar surface area (TPSA) is 76.4 Å². The number of aromatic nitrogens is 3. The average Bonchev–Trinajstić information content (AvgIpc) is 3.08. The SMILES string of the molecule is CCNC(=NCc1ccc(OCC(F)(F)F)nc1)NCCCn1c(C)nc2ccccc21. The van der Waals surface area contributed by atoms with E-state index in [0.29, 0.717) is 19.0 Å². The van der Waals surface area contributed by atoms with E-state index in [1.54, 1.807) is 6.07 Å². The molecule has 172 valence electrons. The summed E-state index contributed by atoms with van der Waals surface area (Å²) < 4.78 is 43.5. The van der Waals surface area contributed by atoms with Gasteiger partial charge in [-0.05, 0) is 38.0 Å². The quantitative estimate of drug-likeness (QED) is 0.296. The van der Waals surface area contributed by atoms with Crippen LogP contribution >= 0.6 is 0 Å². The number of hydrogen-bond acceptors (Lipinski definition) is 4. The Morgan fingerprint density at radius 2 is 1.97 bits per heavy atom. The summed E-state index contributed by atoms with van der Waals surface area (Å²) in [6.45, 7) is 5.23. The number of imidazole rings is 1. The average molecular weight is 448 g/mol. The van der Waals surface area contributed by atoms with Gasteiger partial charge in [0, 0.05) is 31.9 Å². The van der Waals surface area contributed by atoms with Gasteiger partial charge in [-0.15, -0.1) is 0 Å². The summed E-state index contributed by atoms with van der Waals surface area (Å²) in [5.41, 5.74) is 2.89. The van der Waals surface area contributed by atoms with Gasteiger partial charge >= 0.3 is 6.18 Å². The lowest BCUT2D eigenvalue weighted by Crippen LogP contribution is -2.38. The predicted molar refractivity (Wildman–Crippen MR) is 118 cm³/mol. The summed E-state index contributed by atoms with van der Waals surface area (Å²) in [4.78, 5) is 13.0. The van der Waals surface area contributed by atoms with Crippen LogP contribution in [0.3, 0.4) is 0 Å². The predicted octanol–water partition coefficient (Wildman–Crippen LogP) is 3.83. The molecular weight excluding hydrogens is 421 g/mol. The van der Waals surface area contributed by atoms with Gasteiger partial charge in [-0.25, -0.2) is 15.0 Å². The highest BCUT2D eigenvalue weighted by molar-refractivity contribution is 5.79. The van der Waals surface area contributed by atoms with Gasteiger partial charge in [0.25, 0.3) is 0 Å². The van der Waals surface area contributed by atoms with E-state index in [4.69, 9.17) is 0 Å². The van der Waals surface area contributed by atoms with Crippen molar-refractivity contribution in [1.29, 1.82) is 0 Å². The van der Waals surface area contributed by atoms with E-state index < -0.39 is 12.8 Å². The molecule has 0 aliphatic rings. The molecule has 7 nitrogen and oxygen atoms in total. The molecule has 0 unspecified atom stereocenters. The van der Waals surface area contributed by atoms with E-state index in [9.17, 15) is 13.2 Å². The highest BCUT2D eigenvalue weighted by Gasteiger charge is 2.28. The van der Waals surface area contributed by atoms with Crippen LogP contribution in [0.15, 0.2) is 47.6 Å². The number of ether oxygens (including phenoxy) is 1. The number of aryl methyl sites for hydroxylation is 2. The summed E-state index contributed by atoms with van der Waals surface area (Å²) in [5.74, 6) is 1.58. The van der Waals surface area contributed by atoms with Crippen LogP contribution in [0.25, 0.3) is 11.0 Å². The number of hydrogen-bond donors (Lipinski definition) is 2. The number of nitrogens with one attached hydrogen (secondary N) is 2. The molecular formula is C22H27F3N6O. The first kappa shape index (κ1) is 23.4. The van der Waals surface area contributed by atoms with Gasteiger partial charge in [-0.2, -0.15) is 13.2 Å². The van der Waals surface area contributed by atoms with E-state index in [1.165, 1.54) is 12.3 Å². The van der Waals surface area contributed by atoms with E-state index in [2.05, 4.69) is 41.0 Å². The molecule has 2 aromatic heterocycles. The fourth-order valence-electron chi connectivity index (χ4n) is 3.18. The largest absolute Gasteiger partial charge is 0.468 e. The minimum absolute atomic E-state index is 0.0672. The summed E-state index contributed by atoms with van der Waals surface area (Å²) in [6, 6.07) is 11.1. The number of rotatable bonds is 9. The van der Waals surface area contributed by atoms with E-state index >= 15 is 0 Å². The Morgan fingerprint density at radius 1 is 1.16 bits per heavy atom. The van der Waals surface area contributed by atoms with Crippen molar-refractivity contribution in [2.24, 2.45) is 4.99 Å². The molecule has 3 rings (SSSR count). The Bertz CT molecular complexity index is 1030. The van der Waals surface area contributed by atoms with Crippen LogP contribution in [0.1, 0.15) is 24.7 Å². The summed E-state index contributed by atoms with van der Waals surface area (Å²) in [7, 11) is 0. The zero-order valence-corrected chi connectivity index (χ0v) is 18.1. The molecule has 10 heteroatoms. The van der Waals surface area contributed by atoms with E-state index in [1.807, 2.05) is 32.0 Å². The highest BCUT2D eigenvalue weighted by atomic mass is 19.4. The van der Waals surface area contributed by atoms with Gasteiger partial charge < -0.3 is 19.9 Å². The van der Waals surface area contributed by atoms with Crippen molar-refractivity contribution in [3.63, 3.8) is 0 Å². The Balaban J connectivity index is 1.50. The number of fused-ring (bicyclic) bond motifs is 1. The molecule has 0 amide bonds. The molecule has 32 heavy (non-hydrogen) atoms. The first-order valence-corrected chi connectivity index (χ1v) is 10.4. The number of alkyl halides is 3. The number of nitrogens with zero attached hydrogens (tertiary/aromatic N) is 4. The monoisotopic (exact) mass is 448 g/mol. The molecule has 3 aromatic rings. The Labute approximate surface area is 184 Å². The van der Waals surface area contributed by atoms with Crippen molar-refractivity contribution in [2.75, 3.05) is 19.7 Å². The lowest BCUT2D eigenvalue weighted by Gasteiger charge is -2.12. The van der Waals surface area contributed by atoms with Crippen LogP contribution in [-0.4, -0.2) is 46.4 Å². The molecule has 0 radical (unpaired) electrons. The molecule has 0 bridgehead atoms. The van der Waals surface area contributed by atoms with Crippen LogP contribution < -0.4 is 15.4 Å². The van der Waals surface area contributed by atoms with Crippen molar-refractivity contribution in [1.82, 2.24) is 25.2 Å². The third-order valence-corrected chi connectivity index (χ3v) is 4.64. The third-order valence-electron chi connectivity index (χ3n) is 4.64. The van der Waals surface area contributed by atoms with Gasteiger partial charge in [0.15, 0.2) is 12.6 Å². The van der Waals surface area contributed by atoms with Gasteiger partial charge in [-0.3, -0.25) is 0 Å². The zero-order chi connectivity index (χ0) is 23.0. The molecule has 0 atom stereocenters. The van der Waals surface area contributed by atoms with Gasteiger partial charge in [0.05, 0.1) is 17.6 Å². The van der Waals surface area contributed by atoms with Crippen molar-refractivity contribution in [3.8, 4) is 5.88 Å². The highest BCUT2D eigenvalue weighted by Crippen LogP contribution is 2.17. The molecule has 1 aromatic carbocycles. The first-order chi connectivity index (χ1) is 15.4. The molecule has 2 heterocycles. The van der Waals surface area contributed by atoms with Crippen molar-refractivity contribution >= 4 is 17.0 Å². The first-order valence-electron chi connectivity index (χ1n) is 10.4. The smallest absolute Gasteiger partial charge is 0.422 e. The fourth-order valence-corrected chi connectivity index (χ4v) is 3.18. The molecule has 2 N–H and O–H groups in total. The van der Waals surface area contributed by atoms with Crippen LogP contribution in [0.5, 0.6) is 5.88 Å². The summed E-state index contributed by atoms with van der Waals surface area (Å²) in [5, 5.41) is 6.49. The number of aliphatic imine (C=N–C) groups is 1. The van der Waals surface area contributed by atoms with Crippen LogP contribution in [0, 0.1) is 6.92 Å². The number of para-hydroxylation sites is 2.